The van der Waals surface area contributed by atoms with Gasteiger partial charge in [0.2, 0.25) is 11.8 Å². The Morgan fingerprint density at radius 3 is 2.71 bits per heavy atom. The molecule has 31 heavy (non-hydrogen) atoms. The third-order valence-corrected chi connectivity index (χ3v) is 5.41. The summed E-state index contributed by atoms with van der Waals surface area (Å²) in [5.41, 5.74) is 0.144. The lowest BCUT2D eigenvalue weighted by Crippen LogP contribution is -2.43. The standard InChI is InChI=1S/C18H19F3N8O2/c19-18(20,21)10-2-1-5-28(8-10)15-25-13-9(6-12-14(30)26-17(31)24-12)7-22-29(13)16(27-15)23-11-3-4-11/h6-7,10-11,30H,1-5,8H2,(H2,24,26,31)/b9-6+,23-16?. The van der Waals surface area contributed by atoms with E-state index in [9.17, 15) is 23.1 Å². The first kappa shape index (κ1) is 19.6. The lowest BCUT2D eigenvalue weighted by molar-refractivity contribution is -0.176. The zero-order chi connectivity index (χ0) is 21.8. The van der Waals surface area contributed by atoms with Gasteiger partial charge in [-0.2, -0.15) is 32.8 Å². The highest BCUT2D eigenvalue weighted by Crippen LogP contribution is 2.33. The SMILES string of the molecule is O=c1[nH]c(O)c(/C=c2\cnn3c(=NC4CC4)nc(N4CCCC(C(F)(F)F)C4)nc23)[nH]1. The fourth-order valence-corrected chi connectivity index (χ4v) is 3.64. The molecule has 0 aromatic carbocycles. The number of fused-ring (bicyclic) bond motifs is 1. The van der Waals surface area contributed by atoms with E-state index >= 15 is 0 Å². The predicted octanol–water partition coefficient (Wildman–Crippen LogP) is 0.236. The summed E-state index contributed by atoms with van der Waals surface area (Å²) in [6.07, 6.45) is 0.953. The van der Waals surface area contributed by atoms with Crippen molar-refractivity contribution in [3.8, 4) is 5.88 Å². The molecule has 10 nitrogen and oxygen atoms in total. The zero-order valence-electron chi connectivity index (χ0n) is 16.2. The van der Waals surface area contributed by atoms with Crippen LogP contribution in [-0.2, 0) is 0 Å². The number of alkyl halides is 3. The highest BCUT2D eigenvalue weighted by atomic mass is 19.4. The summed E-state index contributed by atoms with van der Waals surface area (Å²) in [4.78, 5) is 31.0. The number of H-pyrrole nitrogens is 2. The van der Waals surface area contributed by atoms with Crippen molar-refractivity contribution in [2.75, 3.05) is 18.0 Å². The molecule has 4 heterocycles. The summed E-state index contributed by atoms with van der Waals surface area (Å²) in [6.45, 7) is 0.187. The number of anilines is 1. The Labute approximate surface area is 172 Å². The molecule has 0 amide bonds. The average molecular weight is 436 g/mol. The van der Waals surface area contributed by atoms with Crippen molar-refractivity contribution in [2.45, 2.75) is 37.9 Å². The van der Waals surface area contributed by atoms with Crippen LogP contribution < -0.4 is 21.4 Å². The molecule has 0 radical (unpaired) electrons. The van der Waals surface area contributed by atoms with Gasteiger partial charge in [0.15, 0.2) is 5.65 Å². The minimum atomic E-state index is -4.28. The van der Waals surface area contributed by atoms with E-state index in [1.807, 2.05) is 0 Å². The van der Waals surface area contributed by atoms with Gasteiger partial charge in [-0.1, -0.05) is 0 Å². The van der Waals surface area contributed by atoms with E-state index in [2.05, 4.69) is 30.0 Å². The molecule has 3 N–H and O–H groups in total. The van der Waals surface area contributed by atoms with Crippen LogP contribution in [0.15, 0.2) is 16.0 Å². The molecule has 0 bridgehead atoms. The van der Waals surface area contributed by atoms with Crippen molar-refractivity contribution in [3.63, 3.8) is 0 Å². The van der Waals surface area contributed by atoms with Gasteiger partial charge in [0.25, 0.3) is 5.62 Å². The largest absolute Gasteiger partial charge is 0.493 e. The molecule has 13 heteroatoms. The number of halogens is 3. The Morgan fingerprint density at radius 2 is 2.03 bits per heavy atom. The van der Waals surface area contributed by atoms with Crippen LogP contribution in [0.2, 0.25) is 0 Å². The first-order valence-corrected chi connectivity index (χ1v) is 9.92. The first-order chi connectivity index (χ1) is 14.8. The summed E-state index contributed by atoms with van der Waals surface area (Å²) in [5.74, 6) is -1.63. The number of aromatic amines is 2. The van der Waals surface area contributed by atoms with Gasteiger partial charge in [-0.3, -0.25) is 4.98 Å². The second-order valence-electron chi connectivity index (χ2n) is 7.83. The highest BCUT2D eigenvalue weighted by molar-refractivity contribution is 5.57. The lowest BCUT2D eigenvalue weighted by Gasteiger charge is -2.33. The maximum absolute atomic E-state index is 13.3. The minimum Gasteiger partial charge on any atom is -0.493 e. The number of hydrogen-bond acceptors (Lipinski definition) is 7. The molecule has 164 valence electrons. The zero-order valence-corrected chi connectivity index (χ0v) is 16.2. The molecule has 1 aliphatic heterocycles. The molecule has 1 unspecified atom stereocenters. The van der Waals surface area contributed by atoms with E-state index in [-0.39, 0.29) is 42.1 Å². The predicted molar refractivity (Wildman–Crippen MR) is 102 cm³/mol. The van der Waals surface area contributed by atoms with E-state index in [1.165, 1.54) is 21.7 Å². The van der Waals surface area contributed by atoms with Crippen LogP contribution in [0.5, 0.6) is 5.88 Å². The molecule has 1 aliphatic carbocycles. The molecule has 5 rings (SSSR count). The van der Waals surface area contributed by atoms with Gasteiger partial charge in [0.1, 0.15) is 5.69 Å². The number of nitrogens with one attached hydrogen (secondary N) is 2. The van der Waals surface area contributed by atoms with Crippen LogP contribution in [0.1, 0.15) is 31.4 Å². The smallest absolute Gasteiger partial charge is 0.393 e. The maximum atomic E-state index is 13.3. The normalized spacial score (nSPS) is 21.4. The van der Waals surface area contributed by atoms with Gasteiger partial charge >= 0.3 is 11.9 Å². The molecular formula is C18H19F3N8O2. The summed E-state index contributed by atoms with van der Waals surface area (Å²) in [7, 11) is 0. The van der Waals surface area contributed by atoms with Gasteiger partial charge in [-0.05, 0) is 31.8 Å². The Morgan fingerprint density at radius 1 is 1.23 bits per heavy atom. The van der Waals surface area contributed by atoms with Gasteiger partial charge in [-0.25, -0.2) is 9.79 Å². The van der Waals surface area contributed by atoms with E-state index in [0.29, 0.717) is 23.8 Å². The molecule has 0 spiro atoms. The first-order valence-electron chi connectivity index (χ1n) is 9.92. The number of hydrogen-bond donors (Lipinski definition) is 3. The second kappa shape index (κ2) is 7.10. The van der Waals surface area contributed by atoms with Crippen LogP contribution in [0, 0.1) is 5.92 Å². The third-order valence-electron chi connectivity index (χ3n) is 5.41. The van der Waals surface area contributed by atoms with Gasteiger partial charge < -0.3 is 15.0 Å². The minimum absolute atomic E-state index is 0.0768. The molecule has 3 aromatic rings. The second-order valence-corrected chi connectivity index (χ2v) is 7.83. The molecule has 2 fully saturated rings. The van der Waals surface area contributed by atoms with E-state index < -0.39 is 17.8 Å². The molecule has 1 atom stereocenters. The number of nitrogens with zero attached hydrogens (tertiary/aromatic N) is 6. The lowest BCUT2D eigenvalue weighted by atomic mass is 9.98. The Bertz CT molecular complexity index is 1300. The number of rotatable bonds is 3. The molecule has 1 saturated heterocycles. The van der Waals surface area contributed by atoms with Crippen LogP contribution in [0.25, 0.3) is 11.7 Å². The molecule has 1 saturated carbocycles. The van der Waals surface area contributed by atoms with Gasteiger partial charge in [0.05, 0.1) is 18.2 Å². The number of piperidine rings is 1. The average Bonchev–Trinajstić information content (AvgIpc) is 3.35. The fraction of sp³-hybridized carbons (Fsp3) is 0.500. The van der Waals surface area contributed by atoms with Crippen LogP contribution in [0.3, 0.4) is 0 Å². The summed E-state index contributed by atoms with van der Waals surface area (Å²) >= 11 is 0. The van der Waals surface area contributed by atoms with Crippen molar-refractivity contribution < 1.29 is 18.3 Å². The molecule has 2 aliphatic rings. The van der Waals surface area contributed by atoms with Crippen molar-refractivity contribution in [3.05, 3.63) is 33.2 Å². The third kappa shape index (κ3) is 3.86. The van der Waals surface area contributed by atoms with Crippen LogP contribution in [0.4, 0.5) is 19.1 Å². The summed E-state index contributed by atoms with van der Waals surface area (Å²) < 4.78 is 41.3. The summed E-state index contributed by atoms with van der Waals surface area (Å²) in [5, 5.41) is 14.5. The maximum Gasteiger partial charge on any atom is 0.393 e. The van der Waals surface area contributed by atoms with E-state index in [0.717, 1.165) is 12.8 Å². The molecule has 3 aromatic heterocycles. The number of imidazole rings is 1. The monoisotopic (exact) mass is 436 g/mol. The number of aromatic nitrogens is 6. The van der Waals surface area contributed by atoms with Crippen molar-refractivity contribution in [1.29, 1.82) is 0 Å². The molecular weight excluding hydrogens is 417 g/mol. The van der Waals surface area contributed by atoms with Crippen molar-refractivity contribution >= 4 is 17.7 Å². The Hall–Kier alpha value is -3.38. The van der Waals surface area contributed by atoms with Crippen molar-refractivity contribution in [2.24, 2.45) is 10.9 Å². The highest BCUT2D eigenvalue weighted by Gasteiger charge is 2.42. The fourth-order valence-electron chi connectivity index (χ4n) is 3.64. The van der Waals surface area contributed by atoms with Gasteiger partial charge in [-0.15, -0.1) is 0 Å². The van der Waals surface area contributed by atoms with Crippen LogP contribution in [-0.4, -0.2) is 60.0 Å². The van der Waals surface area contributed by atoms with Crippen molar-refractivity contribution in [1.82, 2.24) is 29.5 Å². The Balaban J connectivity index is 1.64. The quantitative estimate of drug-likeness (QED) is 0.540. The summed E-state index contributed by atoms with van der Waals surface area (Å²) in [6, 6.07) is 0.108. The number of aromatic hydroxyl groups is 1. The topological polar surface area (TPSA) is 128 Å². The van der Waals surface area contributed by atoms with Crippen LogP contribution >= 0.6 is 0 Å². The Kier molecular flexibility index (Phi) is 4.48. The van der Waals surface area contributed by atoms with E-state index in [1.54, 1.807) is 0 Å². The van der Waals surface area contributed by atoms with Gasteiger partial charge in [0, 0.05) is 18.3 Å². The van der Waals surface area contributed by atoms with E-state index in [4.69, 9.17) is 0 Å².